The second-order valence-corrected chi connectivity index (χ2v) is 8.47. The molecule has 0 atom stereocenters. The fraction of sp³-hybridized carbons (Fsp3) is 0. The van der Waals surface area contributed by atoms with Crippen molar-refractivity contribution in [3.63, 3.8) is 0 Å². The van der Waals surface area contributed by atoms with Crippen molar-refractivity contribution >= 4 is 64.6 Å². The summed E-state index contributed by atoms with van der Waals surface area (Å²) in [5, 5.41) is 5.14. The first-order valence-electron chi connectivity index (χ1n) is 16.5. The Morgan fingerprint density at radius 2 is 1.09 bits per heavy atom. The van der Waals surface area contributed by atoms with Crippen molar-refractivity contribution < 1.29 is 15.1 Å². The van der Waals surface area contributed by atoms with Gasteiger partial charge in [-0.25, -0.2) is 0 Å². The van der Waals surface area contributed by atoms with Crippen molar-refractivity contribution in [1.29, 1.82) is 0 Å². The van der Waals surface area contributed by atoms with Gasteiger partial charge in [0.2, 0.25) is 0 Å². The Morgan fingerprint density at radius 3 is 1.94 bits per heavy atom. The van der Waals surface area contributed by atoms with Gasteiger partial charge in [0.1, 0.15) is 0 Å². The molecule has 8 aromatic rings. The molecule has 0 saturated carbocycles. The Bertz CT molecular complexity index is 2640. The minimum Gasteiger partial charge on any atom is -0.0616 e. The Morgan fingerprint density at radius 1 is 0.412 bits per heavy atom. The largest absolute Gasteiger partial charge is 0.0636 e. The number of hydrogen-bond donors (Lipinski definition) is 0. The maximum atomic E-state index is 9.32. The Kier molecular flexibility index (Phi) is 2.06. The standard InChI is InChI=1S/C34H20/c1-3-10-26-21(6-1)14-17-30-31(26)20-25-7-2-4-11-27(25)34(30)29-19-16-24-13-12-22-8-5-9-23-15-18-28(29)33(24)32(22)23/h1-20H/i1D,2D,3D,4D,6D,7D,10D,11D,14D,17D,20D. The Balaban J connectivity index is 1.75. The lowest BCUT2D eigenvalue weighted by atomic mass is 9.85. The predicted molar refractivity (Wildman–Crippen MR) is 148 cm³/mol. The molecule has 0 nitrogen and oxygen atoms in total. The van der Waals surface area contributed by atoms with Gasteiger partial charge in [-0.15, -0.1) is 0 Å². The summed E-state index contributed by atoms with van der Waals surface area (Å²) in [5.74, 6) is 0. The van der Waals surface area contributed by atoms with E-state index < -0.39 is 66.5 Å². The number of benzene rings is 8. The molecule has 156 valence electrons. The first-order chi connectivity index (χ1) is 21.5. The van der Waals surface area contributed by atoms with Crippen molar-refractivity contribution in [3.8, 4) is 11.1 Å². The lowest BCUT2D eigenvalue weighted by molar-refractivity contribution is 1.73. The Hall–Kier alpha value is -4.42. The van der Waals surface area contributed by atoms with Crippen LogP contribution in [-0.4, -0.2) is 0 Å². The summed E-state index contributed by atoms with van der Waals surface area (Å²) in [4.78, 5) is 0. The monoisotopic (exact) mass is 439 g/mol. The molecule has 0 unspecified atom stereocenters. The zero-order valence-electron chi connectivity index (χ0n) is 28.7. The third kappa shape index (κ3) is 2.32. The van der Waals surface area contributed by atoms with E-state index in [4.69, 9.17) is 12.3 Å². The molecule has 0 aromatic heterocycles. The van der Waals surface area contributed by atoms with E-state index in [1.165, 1.54) is 0 Å². The zero-order valence-corrected chi connectivity index (χ0v) is 17.7. The van der Waals surface area contributed by atoms with E-state index in [9.17, 15) is 2.74 Å². The Labute approximate surface area is 212 Å². The lowest BCUT2D eigenvalue weighted by Crippen LogP contribution is -1.90. The summed E-state index contributed by atoms with van der Waals surface area (Å²) in [6, 6.07) is 12.4. The topological polar surface area (TPSA) is 0 Å². The molecule has 34 heavy (non-hydrogen) atoms. The maximum Gasteiger partial charge on any atom is 0.0636 e. The molecule has 8 aromatic carbocycles. The number of rotatable bonds is 1. The summed E-state index contributed by atoms with van der Waals surface area (Å²) >= 11 is 0. The van der Waals surface area contributed by atoms with Crippen molar-refractivity contribution in [2.45, 2.75) is 0 Å². The molecule has 0 aliphatic carbocycles. The van der Waals surface area contributed by atoms with E-state index in [1.54, 1.807) is 0 Å². The van der Waals surface area contributed by atoms with Crippen LogP contribution in [0.25, 0.3) is 75.8 Å². The quantitative estimate of drug-likeness (QED) is 0.176. The summed E-state index contributed by atoms with van der Waals surface area (Å²) < 4.78 is 96.4. The van der Waals surface area contributed by atoms with Gasteiger partial charge in [0.05, 0.1) is 15.1 Å². The van der Waals surface area contributed by atoms with Gasteiger partial charge in [-0.2, -0.15) is 0 Å². The fourth-order valence-corrected chi connectivity index (χ4v) is 5.29. The highest BCUT2D eigenvalue weighted by molar-refractivity contribution is 6.28. The van der Waals surface area contributed by atoms with Crippen LogP contribution in [0.3, 0.4) is 0 Å². The molecule has 0 bridgehead atoms. The van der Waals surface area contributed by atoms with Crippen molar-refractivity contribution in [1.82, 2.24) is 0 Å². The van der Waals surface area contributed by atoms with Crippen LogP contribution in [0.2, 0.25) is 0 Å². The van der Waals surface area contributed by atoms with Gasteiger partial charge in [0.15, 0.2) is 0 Å². The normalized spacial score (nSPS) is 16.6. The van der Waals surface area contributed by atoms with Crippen LogP contribution < -0.4 is 0 Å². The summed E-state index contributed by atoms with van der Waals surface area (Å²) in [7, 11) is 0. The summed E-state index contributed by atoms with van der Waals surface area (Å²) in [6.45, 7) is 0. The van der Waals surface area contributed by atoms with E-state index in [2.05, 4.69) is 0 Å². The molecule has 0 spiro atoms. The SMILES string of the molecule is [2H]c1c([2H])c([2H])c2c([2H])c3c(c([2H])c([2H])c4c([2H])c([2H])c([2H])c([2H])c43)c(-c3ccc4ccc5cccc6ccc3c4c56)c2c1[2H]. The van der Waals surface area contributed by atoms with Gasteiger partial charge in [-0.05, 0) is 81.8 Å². The van der Waals surface area contributed by atoms with E-state index in [1.807, 2.05) is 54.6 Å². The van der Waals surface area contributed by atoms with Gasteiger partial charge in [0, 0.05) is 0 Å². The second kappa shape index (κ2) is 6.56. The highest BCUT2D eigenvalue weighted by atomic mass is 14.2. The van der Waals surface area contributed by atoms with Crippen LogP contribution in [0.5, 0.6) is 0 Å². The second-order valence-electron chi connectivity index (χ2n) is 8.47. The molecule has 0 aliphatic rings. The molecule has 0 aliphatic heterocycles. The number of hydrogen-bond acceptors (Lipinski definition) is 0. The third-order valence-corrected chi connectivity index (χ3v) is 6.74. The summed E-state index contributed by atoms with van der Waals surface area (Å²) in [5.41, 5.74) is 0.739. The highest BCUT2D eigenvalue weighted by Crippen LogP contribution is 2.44. The fourth-order valence-electron chi connectivity index (χ4n) is 5.29. The summed E-state index contributed by atoms with van der Waals surface area (Å²) in [6.07, 6.45) is 0. The van der Waals surface area contributed by atoms with Crippen molar-refractivity contribution in [2.24, 2.45) is 0 Å². The molecule has 0 fully saturated rings. The molecule has 0 heteroatoms. The van der Waals surface area contributed by atoms with E-state index in [0.29, 0.717) is 5.56 Å². The molecule has 0 saturated heterocycles. The van der Waals surface area contributed by atoms with Gasteiger partial charge in [-0.3, -0.25) is 0 Å². The van der Waals surface area contributed by atoms with Gasteiger partial charge in [0.25, 0.3) is 0 Å². The van der Waals surface area contributed by atoms with Gasteiger partial charge in [-0.1, -0.05) is 115 Å². The first kappa shape index (κ1) is 10.7. The predicted octanol–water partition coefficient (Wildman–Crippen LogP) is 9.71. The minimum absolute atomic E-state index is 0.0154. The van der Waals surface area contributed by atoms with Crippen LogP contribution in [0, 0.1) is 0 Å². The average Bonchev–Trinajstić information content (AvgIpc) is 3.04. The molecule has 0 N–H and O–H groups in total. The van der Waals surface area contributed by atoms with Crippen LogP contribution in [-0.2, 0) is 0 Å². The third-order valence-electron chi connectivity index (χ3n) is 6.74. The van der Waals surface area contributed by atoms with Crippen LogP contribution in [0.15, 0.2) is 121 Å². The van der Waals surface area contributed by atoms with Gasteiger partial charge >= 0.3 is 0 Å². The van der Waals surface area contributed by atoms with Crippen molar-refractivity contribution in [3.05, 3.63) is 121 Å². The molecular weight excluding hydrogens is 408 g/mol. The average molecular weight is 440 g/mol. The van der Waals surface area contributed by atoms with Crippen LogP contribution in [0.4, 0.5) is 0 Å². The van der Waals surface area contributed by atoms with E-state index in [0.717, 1.165) is 32.3 Å². The molecular formula is C34H20. The molecule has 0 radical (unpaired) electrons. The molecule has 8 rings (SSSR count). The first-order valence-corrected chi connectivity index (χ1v) is 11.0. The lowest BCUT2D eigenvalue weighted by Gasteiger charge is -2.18. The maximum absolute atomic E-state index is 9.32. The number of fused-ring (bicyclic) bond motifs is 4. The van der Waals surface area contributed by atoms with Gasteiger partial charge < -0.3 is 0 Å². The van der Waals surface area contributed by atoms with Crippen LogP contribution >= 0.6 is 0 Å². The smallest absolute Gasteiger partial charge is 0.0616 e. The minimum atomic E-state index is -0.569. The highest BCUT2D eigenvalue weighted by Gasteiger charge is 2.16. The zero-order chi connectivity index (χ0) is 31.8. The molecule has 0 amide bonds. The van der Waals surface area contributed by atoms with Crippen molar-refractivity contribution in [2.75, 3.05) is 0 Å². The van der Waals surface area contributed by atoms with Crippen LogP contribution in [0.1, 0.15) is 15.1 Å². The van der Waals surface area contributed by atoms with E-state index in [-0.39, 0.29) is 37.9 Å². The van der Waals surface area contributed by atoms with E-state index >= 15 is 0 Å². The molecule has 0 heterocycles.